The summed E-state index contributed by atoms with van der Waals surface area (Å²) < 4.78 is 16.0. The Morgan fingerprint density at radius 3 is 2.78 bits per heavy atom. The molecule has 1 aromatic carbocycles. The predicted octanol–water partition coefficient (Wildman–Crippen LogP) is 1.96. The third-order valence-corrected chi connectivity index (χ3v) is 3.86. The Bertz CT molecular complexity index is 844. The van der Waals surface area contributed by atoms with Gasteiger partial charge in [0, 0.05) is 49.2 Å². The van der Waals surface area contributed by atoms with E-state index in [1.54, 1.807) is 22.8 Å². The number of halogens is 1. The summed E-state index contributed by atoms with van der Waals surface area (Å²) in [7, 11) is 0. The van der Waals surface area contributed by atoms with Crippen LogP contribution in [0.5, 0.6) is 0 Å². The summed E-state index contributed by atoms with van der Waals surface area (Å²) in [5.41, 5.74) is 2.70. The van der Waals surface area contributed by atoms with Crippen LogP contribution >= 0.6 is 0 Å². The fourth-order valence-corrected chi connectivity index (χ4v) is 2.70. The van der Waals surface area contributed by atoms with Crippen molar-refractivity contribution in [2.45, 2.75) is 0 Å². The van der Waals surface area contributed by atoms with Gasteiger partial charge >= 0.3 is 0 Å². The molecule has 7 heteroatoms. The molecule has 0 amide bonds. The molecule has 0 aliphatic carbocycles. The molecule has 23 heavy (non-hydrogen) atoms. The van der Waals surface area contributed by atoms with Crippen molar-refractivity contribution in [3.05, 3.63) is 42.5 Å². The number of aromatic nitrogens is 3. The van der Waals surface area contributed by atoms with E-state index in [0.717, 1.165) is 37.7 Å². The van der Waals surface area contributed by atoms with Crippen LogP contribution < -0.4 is 16.0 Å². The van der Waals surface area contributed by atoms with Crippen molar-refractivity contribution in [2.24, 2.45) is 0 Å². The minimum Gasteiger partial charge on any atom is -0.384 e. The lowest BCUT2D eigenvalue weighted by atomic mass is 10.1. The highest BCUT2D eigenvalue weighted by Crippen LogP contribution is 2.29. The molecular weight excluding hydrogens is 295 g/mol. The molecule has 0 saturated carbocycles. The number of hydrogen-bond acceptors (Lipinski definition) is 5. The van der Waals surface area contributed by atoms with Crippen molar-refractivity contribution in [3.63, 3.8) is 0 Å². The predicted molar refractivity (Wildman–Crippen MR) is 88.2 cm³/mol. The van der Waals surface area contributed by atoms with Crippen LogP contribution in [-0.4, -0.2) is 40.8 Å². The lowest BCUT2D eigenvalue weighted by Gasteiger charge is -2.12. The highest BCUT2D eigenvalue weighted by molar-refractivity contribution is 5.80. The van der Waals surface area contributed by atoms with Gasteiger partial charge in [0.2, 0.25) is 0 Å². The zero-order valence-corrected chi connectivity index (χ0v) is 12.5. The SMILES string of the molecule is Fc1ccc2cc1-c1cnn3ccc(nc13)NCCNCCN2. The molecule has 0 spiro atoms. The van der Waals surface area contributed by atoms with Crippen LogP contribution in [0.1, 0.15) is 0 Å². The van der Waals surface area contributed by atoms with E-state index < -0.39 is 0 Å². The molecule has 0 unspecified atom stereocenters. The van der Waals surface area contributed by atoms with Crippen molar-refractivity contribution in [2.75, 3.05) is 36.8 Å². The Balaban J connectivity index is 1.87. The number of nitrogens with one attached hydrogen (secondary N) is 3. The maximum Gasteiger partial charge on any atom is 0.165 e. The second-order valence-corrected chi connectivity index (χ2v) is 5.44. The van der Waals surface area contributed by atoms with E-state index in [9.17, 15) is 4.39 Å². The van der Waals surface area contributed by atoms with Gasteiger partial charge < -0.3 is 16.0 Å². The van der Waals surface area contributed by atoms with E-state index in [0.29, 0.717) is 16.8 Å². The fourth-order valence-electron chi connectivity index (χ4n) is 2.70. The Morgan fingerprint density at radius 2 is 1.87 bits per heavy atom. The maximum atomic E-state index is 14.3. The number of fused-ring (bicyclic) bond motifs is 4. The van der Waals surface area contributed by atoms with E-state index in [2.05, 4.69) is 26.0 Å². The summed E-state index contributed by atoms with van der Waals surface area (Å²) in [5.74, 6) is 0.476. The molecule has 6 nitrogen and oxygen atoms in total. The van der Waals surface area contributed by atoms with Crippen LogP contribution in [0, 0.1) is 5.82 Å². The highest BCUT2D eigenvalue weighted by atomic mass is 19.1. The molecule has 4 bridgehead atoms. The standard InChI is InChI=1S/C16H17FN6/c17-14-2-1-11-9-12(14)13-10-21-23-8-3-15(22-16(13)23)20-7-5-18-4-6-19-11/h1-3,8-10,18-19H,4-7H2,(H,20,22). The van der Waals surface area contributed by atoms with Gasteiger partial charge in [0.05, 0.1) is 6.20 Å². The molecule has 3 N–H and O–H groups in total. The van der Waals surface area contributed by atoms with E-state index >= 15 is 0 Å². The molecule has 118 valence electrons. The Labute approximate surface area is 132 Å². The summed E-state index contributed by atoms with van der Waals surface area (Å²) in [6.07, 6.45) is 3.48. The molecule has 0 atom stereocenters. The molecule has 0 radical (unpaired) electrons. The van der Waals surface area contributed by atoms with Crippen LogP contribution in [0.15, 0.2) is 36.7 Å². The number of anilines is 2. The smallest absolute Gasteiger partial charge is 0.165 e. The van der Waals surface area contributed by atoms with E-state index in [1.165, 1.54) is 6.07 Å². The molecule has 3 heterocycles. The zero-order chi connectivity index (χ0) is 15.6. The van der Waals surface area contributed by atoms with Gasteiger partial charge in [-0.1, -0.05) is 0 Å². The summed E-state index contributed by atoms with van der Waals surface area (Å²) >= 11 is 0. The summed E-state index contributed by atoms with van der Waals surface area (Å²) in [4.78, 5) is 4.57. The van der Waals surface area contributed by atoms with Gasteiger partial charge in [0.25, 0.3) is 0 Å². The highest BCUT2D eigenvalue weighted by Gasteiger charge is 2.14. The fraction of sp³-hybridized carbons (Fsp3) is 0.250. The van der Waals surface area contributed by atoms with Gasteiger partial charge in [-0.15, -0.1) is 0 Å². The van der Waals surface area contributed by atoms with Crippen molar-refractivity contribution >= 4 is 17.2 Å². The second-order valence-electron chi connectivity index (χ2n) is 5.44. The third-order valence-electron chi connectivity index (χ3n) is 3.86. The topological polar surface area (TPSA) is 66.3 Å². The van der Waals surface area contributed by atoms with E-state index in [-0.39, 0.29) is 5.82 Å². The average molecular weight is 312 g/mol. The first-order valence-corrected chi connectivity index (χ1v) is 7.64. The van der Waals surface area contributed by atoms with Crippen molar-refractivity contribution in [1.29, 1.82) is 0 Å². The molecule has 1 aliphatic rings. The van der Waals surface area contributed by atoms with Crippen LogP contribution in [0.3, 0.4) is 0 Å². The average Bonchev–Trinajstić information content (AvgIpc) is 2.98. The first kappa shape index (κ1) is 14.0. The largest absolute Gasteiger partial charge is 0.384 e. The number of rotatable bonds is 0. The molecule has 3 aromatic rings. The van der Waals surface area contributed by atoms with Crippen LogP contribution in [-0.2, 0) is 0 Å². The molecule has 1 aliphatic heterocycles. The Morgan fingerprint density at radius 1 is 1.00 bits per heavy atom. The van der Waals surface area contributed by atoms with Crippen molar-refractivity contribution < 1.29 is 4.39 Å². The van der Waals surface area contributed by atoms with Gasteiger partial charge in [0.15, 0.2) is 5.65 Å². The monoisotopic (exact) mass is 312 g/mol. The zero-order valence-electron chi connectivity index (χ0n) is 12.5. The van der Waals surface area contributed by atoms with Crippen LogP contribution in [0.4, 0.5) is 15.9 Å². The van der Waals surface area contributed by atoms with Gasteiger partial charge in [-0.25, -0.2) is 13.9 Å². The number of hydrogen-bond donors (Lipinski definition) is 3. The summed E-state index contributed by atoms with van der Waals surface area (Å²) in [6, 6.07) is 6.89. The lowest BCUT2D eigenvalue weighted by Crippen LogP contribution is -2.27. The maximum absolute atomic E-state index is 14.3. The van der Waals surface area contributed by atoms with Gasteiger partial charge in [-0.2, -0.15) is 5.10 Å². The molecular formula is C16H17FN6. The molecule has 0 fully saturated rings. The lowest BCUT2D eigenvalue weighted by molar-refractivity contribution is 0.631. The second kappa shape index (κ2) is 5.85. The Hall–Kier alpha value is -2.67. The Kier molecular flexibility index (Phi) is 3.55. The number of nitrogens with zero attached hydrogens (tertiary/aromatic N) is 3. The molecule has 0 saturated heterocycles. The molecule has 2 aromatic heterocycles. The third kappa shape index (κ3) is 2.70. The van der Waals surface area contributed by atoms with E-state index in [1.807, 2.05) is 12.3 Å². The molecule has 4 rings (SSSR count). The summed E-state index contributed by atoms with van der Waals surface area (Å²) in [6.45, 7) is 3.22. The van der Waals surface area contributed by atoms with Crippen molar-refractivity contribution in [1.82, 2.24) is 19.9 Å². The van der Waals surface area contributed by atoms with Crippen LogP contribution in [0.2, 0.25) is 0 Å². The van der Waals surface area contributed by atoms with Crippen molar-refractivity contribution in [3.8, 4) is 11.1 Å². The quantitative estimate of drug-likeness (QED) is 0.592. The minimum atomic E-state index is -0.282. The minimum absolute atomic E-state index is 0.282. The first-order chi connectivity index (χ1) is 11.3. The van der Waals surface area contributed by atoms with Gasteiger partial charge in [-0.05, 0) is 24.3 Å². The van der Waals surface area contributed by atoms with E-state index in [4.69, 9.17) is 0 Å². The normalized spacial score (nSPS) is 15.0. The van der Waals surface area contributed by atoms with Crippen LogP contribution in [0.25, 0.3) is 16.8 Å². The number of benzene rings is 1. The van der Waals surface area contributed by atoms with Gasteiger partial charge in [-0.3, -0.25) is 0 Å². The summed E-state index contributed by atoms with van der Waals surface area (Å²) in [5, 5.41) is 14.2. The van der Waals surface area contributed by atoms with Gasteiger partial charge in [0.1, 0.15) is 11.6 Å². The first-order valence-electron chi connectivity index (χ1n) is 7.64.